The molecule has 4 heterocycles. The number of carbonyl (C=O) groups excluding carboxylic acids is 3. The van der Waals surface area contributed by atoms with Crippen LogP contribution in [0, 0.1) is 63.9 Å². The Bertz CT molecular complexity index is 2310. The fourth-order valence-electron chi connectivity index (χ4n) is 14.8. The number of amides is 2. The highest BCUT2D eigenvalue weighted by molar-refractivity contribution is 5.86. The van der Waals surface area contributed by atoms with E-state index in [9.17, 15) is 48.7 Å². The van der Waals surface area contributed by atoms with Gasteiger partial charge in [0.1, 0.15) is 66.8 Å². The maximum atomic E-state index is 14.7. The normalized spacial score (nSPS) is 45.1. The molecule has 22 atom stereocenters. The highest BCUT2D eigenvalue weighted by Crippen LogP contribution is 2.70. The van der Waals surface area contributed by atoms with Gasteiger partial charge in [-0.2, -0.15) is 0 Å². The molecule has 18 nitrogen and oxygen atoms in total. The molecule has 20 heteroatoms. The molecule has 10 rings (SSSR count). The molecule has 2 aromatic rings. The van der Waals surface area contributed by atoms with Crippen molar-refractivity contribution in [1.29, 1.82) is 0 Å². The number of aliphatic hydroxyl groups is 5. The molecule has 2 amide bonds. The maximum absolute atomic E-state index is 14.7. The Hall–Kier alpha value is -3.93. The number of rotatable bonds is 10. The van der Waals surface area contributed by atoms with Crippen LogP contribution < -0.4 is 10.6 Å². The summed E-state index contributed by atoms with van der Waals surface area (Å²) in [6.07, 6.45) is -12.4. The molecule has 0 unspecified atom stereocenters. The third kappa shape index (κ3) is 9.81. The monoisotopic (exact) mass is 1030 g/mol. The minimum Gasteiger partial charge on any atom is -0.446 e. The van der Waals surface area contributed by atoms with E-state index >= 15 is 0 Å². The van der Waals surface area contributed by atoms with Crippen molar-refractivity contribution in [1.82, 2.24) is 0 Å². The van der Waals surface area contributed by atoms with E-state index in [1.54, 1.807) is 0 Å². The molecule has 8 aliphatic rings. The zero-order valence-electron chi connectivity index (χ0n) is 41.6. The van der Waals surface area contributed by atoms with Crippen molar-refractivity contribution < 1.29 is 86.6 Å². The Balaban J connectivity index is 0.772. The first kappa shape index (κ1) is 52.5. The number of anilines is 2. The number of ketones is 1. The minimum absolute atomic E-state index is 0.0754. The van der Waals surface area contributed by atoms with Crippen LogP contribution in [0.3, 0.4) is 0 Å². The summed E-state index contributed by atoms with van der Waals surface area (Å²) in [4.78, 5) is 40.4. The van der Waals surface area contributed by atoms with Gasteiger partial charge in [0.25, 0.3) is 0 Å². The standard InChI is InChI=1S/C53H70F2N2O16/c1-25-15-18-53(67-23-25)26(2)39-36(73-53)20-34-33-14-5-27-19-32(16-17-51(27,3)40(33)35(59)21-52(34,39)4)68-47-43(62)41(60)45(37(22-58)69-47)71-48-44(63)42(61)46(72-50(65)57-31-12-8-29(55)9-13-31)38(70-48)24-66-49(64)56-30-10-6-28(54)7-11-30/h6-13,25-27,32-34,36-48,58,60-63H,5,14-24H2,1-4H3,(H,56,64)(H,57,65)/t25-,26+,27+,32+,33+,34+,36+,37-,38-,39+,40-,41-,42-,43-,44-,45-,46-,47-,48+,51+,52+,53-/m1/s1. The number of carbonyl (C=O) groups is 3. The van der Waals surface area contributed by atoms with Crippen LogP contribution in [0.15, 0.2) is 48.5 Å². The minimum atomic E-state index is -2.00. The van der Waals surface area contributed by atoms with Crippen LogP contribution >= 0.6 is 0 Å². The molecular weight excluding hydrogens is 959 g/mol. The molecular formula is C53H70F2N2O16. The lowest BCUT2D eigenvalue weighted by molar-refractivity contribution is -0.363. The molecule has 7 N–H and O–H groups in total. The van der Waals surface area contributed by atoms with E-state index in [0.29, 0.717) is 49.9 Å². The van der Waals surface area contributed by atoms with Gasteiger partial charge in [0.05, 0.1) is 25.4 Å². The number of halogens is 2. The van der Waals surface area contributed by atoms with Gasteiger partial charge in [-0.05, 0) is 134 Å². The molecule has 0 radical (unpaired) electrons. The van der Waals surface area contributed by atoms with Crippen LogP contribution in [0.4, 0.5) is 29.7 Å². The first-order chi connectivity index (χ1) is 34.8. The lowest BCUT2D eigenvalue weighted by atomic mass is 9.44. The molecule has 4 saturated carbocycles. The zero-order valence-corrected chi connectivity index (χ0v) is 41.6. The molecule has 73 heavy (non-hydrogen) atoms. The van der Waals surface area contributed by atoms with E-state index in [-0.39, 0.29) is 57.9 Å². The van der Waals surface area contributed by atoms with Crippen molar-refractivity contribution in [3.05, 3.63) is 60.2 Å². The number of benzene rings is 2. The Kier molecular flexibility index (Phi) is 14.8. The summed E-state index contributed by atoms with van der Waals surface area (Å²) in [5.74, 6) is 0.330. The van der Waals surface area contributed by atoms with E-state index in [4.69, 9.17) is 37.9 Å². The van der Waals surface area contributed by atoms with Crippen LogP contribution in [0.5, 0.6) is 0 Å². The van der Waals surface area contributed by atoms with Gasteiger partial charge in [-0.25, -0.2) is 18.4 Å². The van der Waals surface area contributed by atoms with E-state index in [1.165, 1.54) is 24.3 Å². The first-order valence-electron chi connectivity index (χ1n) is 26.0. The molecule has 402 valence electrons. The number of nitrogens with one attached hydrogen (secondary N) is 2. The summed E-state index contributed by atoms with van der Waals surface area (Å²) >= 11 is 0. The van der Waals surface area contributed by atoms with E-state index in [0.717, 1.165) is 56.4 Å². The van der Waals surface area contributed by atoms with Gasteiger partial charge < -0.3 is 63.4 Å². The Morgan fingerprint density at radius 2 is 1.38 bits per heavy atom. The fraction of sp³-hybridized carbons (Fsp3) is 0.717. The first-order valence-corrected chi connectivity index (χ1v) is 26.0. The lowest BCUT2D eigenvalue weighted by Crippen LogP contribution is -2.65. The average Bonchev–Trinajstić information content (AvgIpc) is 3.80. The van der Waals surface area contributed by atoms with Gasteiger partial charge in [0.2, 0.25) is 0 Å². The highest BCUT2D eigenvalue weighted by Gasteiger charge is 2.71. The summed E-state index contributed by atoms with van der Waals surface area (Å²) in [7, 11) is 0. The summed E-state index contributed by atoms with van der Waals surface area (Å²) in [6.45, 7) is 8.33. The molecule has 1 spiro atoms. The van der Waals surface area contributed by atoms with Gasteiger partial charge in [-0.15, -0.1) is 0 Å². The molecule has 4 aliphatic carbocycles. The van der Waals surface area contributed by atoms with E-state index in [1.807, 2.05) is 0 Å². The van der Waals surface area contributed by atoms with Gasteiger partial charge in [-0.1, -0.05) is 27.7 Å². The van der Waals surface area contributed by atoms with Crippen LogP contribution in [0.25, 0.3) is 0 Å². The van der Waals surface area contributed by atoms with Crippen molar-refractivity contribution in [3.8, 4) is 0 Å². The smallest absolute Gasteiger partial charge is 0.412 e. The van der Waals surface area contributed by atoms with Crippen molar-refractivity contribution in [2.24, 2.45) is 52.3 Å². The molecule has 0 aromatic heterocycles. The van der Waals surface area contributed by atoms with Gasteiger partial charge in [0, 0.05) is 36.1 Å². The van der Waals surface area contributed by atoms with Crippen LogP contribution in [0.1, 0.15) is 85.5 Å². The van der Waals surface area contributed by atoms with Crippen molar-refractivity contribution in [2.45, 2.75) is 165 Å². The van der Waals surface area contributed by atoms with E-state index < -0.39 is 110 Å². The van der Waals surface area contributed by atoms with Crippen molar-refractivity contribution in [2.75, 3.05) is 30.5 Å². The van der Waals surface area contributed by atoms with Gasteiger partial charge in [0.15, 0.2) is 24.5 Å². The third-order valence-corrected chi connectivity index (χ3v) is 18.4. The second-order valence-corrected chi connectivity index (χ2v) is 22.7. The largest absolute Gasteiger partial charge is 0.446 e. The summed E-state index contributed by atoms with van der Waals surface area (Å²) in [5, 5.41) is 61.1. The quantitative estimate of drug-likeness (QED) is 0.147. The second kappa shape index (κ2) is 20.5. The Labute approximate surface area is 422 Å². The van der Waals surface area contributed by atoms with Gasteiger partial charge >= 0.3 is 12.2 Å². The molecule has 0 bridgehead atoms. The number of ether oxygens (including phenoxy) is 8. The van der Waals surface area contributed by atoms with Crippen molar-refractivity contribution in [3.63, 3.8) is 0 Å². The summed E-state index contributed by atoms with van der Waals surface area (Å²) in [5.41, 5.74) is -0.120. The molecule has 2 aromatic carbocycles. The molecule has 4 saturated heterocycles. The molecule has 8 fully saturated rings. The van der Waals surface area contributed by atoms with E-state index in [2.05, 4.69) is 38.3 Å². The highest BCUT2D eigenvalue weighted by atomic mass is 19.1. The second-order valence-electron chi connectivity index (χ2n) is 22.7. The van der Waals surface area contributed by atoms with Crippen LogP contribution in [-0.4, -0.2) is 143 Å². The number of hydrogen-bond donors (Lipinski definition) is 7. The zero-order chi connectivity index (χ0) is 51.7. The predicted molar refractivity (Wildman–Crippen MR) is 252 cm³/mol. The van der Waals surface area contributed by atoms with Crippen LogP contribution in [0.2, 0.25) is 0 Å². The fourth-order valence-corrected chi connectivity index (χ4v) is 14.8. The number of hydrogen-bond acceptors (Lipinski definition) is 16. The lowest BCUT2D eigenvalue weighted by Gasteiger charge is -2.60. The Morgan fingerprint density at radius 1 is 0.753 bits per heavy atom. The summed E-state index contributed by atoms with van der Waals surface area (Å²) < 4.78 is 75.6. The average molecular weight is 1030 g/mol. The Morgan fingerprint density at radius 3 is 2.03 bits per heavy atom. The SMILES string of the molecule is C[C@@H]1CC[C@@]2(OC1)O[C@H]1C[C@H]3[C@@H]4CC[C@H]5C[C@@H](O[C@@H]6O[C@H](CO)[C@@H](O[C@@H]7O[C@H](COC(=O)Nc8ccc(F)cc8)[C@@H](OC(=O)Nc8ccc(F)cc8)[C@H](O)[C@H]7O)[C@H](O)[C@H]6O)CC[C@]5(C)[C@H]4C(=O)C[C@]3(C)[C@H]1[C@@H]2C. The van der Waals surface area contributed by atoms with Crippen molar-refractivity contribution >= 4 is 29.3 Å². The summed E-state index contributed by atoms with van der Waals surface area (Å²) in [6, 6.07) is 9.46. The topological polar surface area (TPSA) is 250 Å². The predicted octanol–water partition coefficient (Wildman–Crippen LogP) is 5.41. The number of aliphatic hydroxyl groups excluding tert-OH is 5. The third-order valence-electron chi connectivity index (χ3n) is 18.4. The van der Waals surface area contributed by atoms with Gasteiger partial charge in [-0.3, -0.25) is 15.4 Å². The number of Topliss-reactive ketones (excluding diaryl/α,β-unsaturated/α-hetero) is 1. The van der Waals surface area contributed by atoms with Crippen LogP contribution in [-0.2, 0) is 42.7 Å². The number of fused-ring (bicyclic) bond motifs is 7. The maximum Gasteiger partial charge on any atom is 0.412 e. The molecule has 4 aliphatic heterocycles.